The Morgan fingerprint density at radius 3 is 2.60 bits per heavy atom. The highest BCUT2D eigenvalue weighted by Gasteiger charge is 2.21. The van der Waals surface area contributed by atoms with Crippen LogP contribution in [0, 0.1) is 5.41 Å². The fourth-order valence-corrected chi connectivity index (χ4v) is 2.22. The summed E-state index contributed by atoms with van der Waals surface area (Å²) >= 11 is 0. The average molecular weight is 213 g/mol. The maximum Gasteiger partial charge on any atom is 0.0918 e. The molecule has 0 spiro atoms. The molecule has 0 bridgehead atoms. The van der Waals surface area contributed by atoms with Crippen LogP contribution in [0.2, 0.25) is 0 Å². The molecule has 1 aliphatic rings. The Labute approximate surface area is 92.3 Å². The van der Waals surface area contributed by atoms with Gasteiger partial charge in [-0.3, -0.25) is 10.3 Å². The van der Waals surface area contributed by atoms with Gasteiger partial charge in [0.2, 0.25) is 0 Å². The molecular weight excluding hydrogens is 190 g/mol. The summed E-state index contributed by atoms with van der Waals surface area (Å²) < 4.78 is 5.11. The summed E-state index contributed by atoms with van der Waals surface area (Å²) in [4.78, 5) is 2.43. The number of hydrogen-bond acceptors (Lipinski definition) is 3. The van der Waals surface area contributed by atoms with E-state index in [0.717, 1.165) is 19.7 Å². The summed E-state index contributed by atoms with van der Waals surface area (Å²) in [5, 5.41) is 7.26. The molecule has 0 amide bonds. The number of amidine groups is 1. The van der Waals surface area contributed by atoms with Crippen molar-refractivity contribution in [1.82, 2.24) is 4.90 Å². The molecule has 88 valence electrons. The highest BCUT2D eigenvalue weighted by atomic mass is 16.5. The lowest BCUT2D eigenvalue weighted by Crippen LogP contribution is -2.38. The minimum absolute atomic E-state index is 0.287. The van der Waals surface area contributed by atoms with Crippen molar-refractivity contribution in [3.8, 4) is 0 Å². The third-order valence-corrected chi connectivity index (χ3v) is 3.09. The number of ether oxygens (including phenoxy) is 1. The van der Waals surface area contributed by atoms with Gasteiger partial charge in [-0.05, 0) is 12.8 Å². The van der Waals surface area contributed by atoms with Gasteiger partial charge in [0.15, 0.2) is 0 Å². The molecule has 0 saturated heterocycles. The molecule has 0 aromatic heterocycles. The molecule has 0 aliphatic heterocycles. The summed E-state index contributed by atoms with van der Waals surface area (Å²) in [6.07, 6.45) is 5.95. The lowest BCUT2D eigenvalue weighted by atomic mass is 10.2. The van der Waals surface area contributed by atoms with Crippen molar-refractivity contribution in [3.63, 3.8) is 0 Å². The number of nitrogens with two attached hydrogens (primary N) is 1. The largest absolute Gasteiger partial charge is 0.388 e. The van der Waals surface area contributed by atoms with Crippen LogP contribution in [0.4, 0.5) is 0 Å². The van der Waals surface area contributed by atoms with Crippen LogP contribution in [0.5, 0.6) is 0 Å². The second-order valence-corrected chi connectivity index (χ2v) is 4.24. The fraction of sp³-hybridized carbons (Fsp3) is 0.909. The second kappa shape index (κ2) is 6.80. The van der Waals surface area contributed by atoms with E-state index in [0.29, 0.717) is 12.5 Å². The zero-order chi connectivity index (χ0) is 11.1. The molecule has 0 aromatic carbocycles. The standard InChI is InChI=1S/C11H23N3O/c1-15-9-8-14(7-6-11(12)13)10-4-2-3-5-10/h10H,2-9H2,1H3,(H3,12,13). The van der Waals surface area contributed by atoms with Crippen LogP contribution in [0.1, 0.15) is 32.1 Å². The Kier molecular flexibility index (Phi) is 5.65. The van der Waals surface area contributed by atoms with E-state index in [1.54, 1.807) is 7.11 Å². The molecule has 0 radical (unpaired) electrons. The zero-order valence-electron chi connectivity index (χ0n) is 9.67. The van der Waals surface area contributed by atoms with Gasteiger partial charge in [-0.25, -0.2) is 0 Å². The van der Waals surface area contributed by atoms with Crippen molar-refractivity contribution in [3.05, 3.63) is 0 Å². The highest BCUT2D eigenvalue weighted by Crippen LogP contribution is 2.23. The average Bonchev–Trinajstić information content (AvgIpc) is 2.71. The minimum atomic E-state index is 0.287. The van der Waals surface area contributed by atoms with Crippen LogP contribution in [0.3, 0.4) is 0 Å². The molecule has 0 atom stereocenters. The molecule has 1 aliphatic carbocycles. The van der Waals surface area contributed by atoms with Gasteiger partial charge in [0.1, 0.15) is 0 Å². The third kappa shape index (κ3) is 4.62. The van der Waals surface area contributed by atoms with Crippen molar-refractivity contribution in [2.24, 2.45) is 5.73 Å². The number of hydrogen-bond donors (Lipinski definition) is 2. The van der Waals surface area contributed by atoms with Gasteiger partial charge in [-0.15, -0.1) is 0 Å². The van der Waals surface area contributed by atoms with Crippen LogP contribution in [0.15, 0.2) is 0 Å². The second-order valence-electron chi connectivity index (χ2n) is 4.24. The van der Waals surface area contributed by atoms with Crippen molar-refractivity contribution in [1.29, 1.82) is 5.41 Å². The Morgan fingerprint density at radius 2 is 2.07 bits per heavy atom. The normalized spacial score (nSPS) is 17.5. The molecule has 0 aromatic rings. The van der Waals surface area contributed by atoms with Gasteiger partial charge in [-0.1, -0.05) is 12.8 Å². The highest BCUT2D eigenvalue weighted by molar-refractivity contribution is 5.76. The van der Waals surface area contributed by atoms with Crippen LogP contribution in [-0.4, -0.2) is 43.6 Å². The number of methoxy groups -OCH3 is 1. The van der Waals surface area contributed by atoms with Gasteiger partial charge in [0.05, 0.1) is 12.4 Å². The molecule has 3 N–H and O–H groups in total. The molecule has 4 heteroatoms. The first-order chi connectivity index (χ1) is 7.24. The smallest absolute Gasteiger partial charge is 0.0918 e. The maximum absolute atomic E-state index is 7.26. The third-order valence-electron chi connectivity index (χ3n) is 3.09. The predicted molar refractivity (Wildman–Crippen MR) is 62.2 cm³/mol. The Balaban J connectivity index is 2.33. The predicted octanol–water partition coefficient (Wildman–Crippen LogP) is 1.20. The van der Waals surface area contributed by atoms with E-state index in [9.17, 15) is 0 Å². The summed E-state index contributed by atoms with van der Waals surface area (Å²) in [6, 6.07) is 0.694. The number of nitrogens with one attached hydrogen (secondary N) is 1. The van der Waals surface area contributed by atoms with E-state index in [2.05, 4.69) is 4.90 Å². The maximum atomic E-state index is 7.26. The van der Waals surface area contributed by atoms with Gasteiger partial charge in [-0.2, -0.15) is 0 Å². The zero-order valence-corrected chi connectivity index (χ0v) is 9.67. The molecule has 15 heavy (non-hydrogen) atoms. The Morgan fingerprint density at radius 1 is 1.40 bits per heavy atom. The molecule has 4 nitrogen and oxygen atoms in total. The van der Waals surface area contributed by atoms with Crippen LogP contribution >= 0.6 is 0 Å². The van der Waals surface area contributed by atoms with Gasteiger partial charge in [0, 0.05) is 32.7 Å². The number of rotatable bonds is 7. The lowest BCUT2D eigenvalue weighted by Gasteiger charge is -2.28. The van der Waals surface area contributed by atoms with Crippen molar-refractivity contribution in [2.45, 2.75) is 38.1 Å². The molecule has 1 saturated carbocycles. The molecule has 1 rings (SSSR count). The minimum Gasteiger partial charge on any atom is -0.388 e. The van der Waals surface area contributed by atoms with E-state index in [-0.39, 0.29) is 5.84 Å². The van der Waals surface area contributed by atoms with Gasteiger partial charge < -0.3 is 10.5 Å². The van der Waals surface area contributed by atoms with Crippen LogP contribution in [-0.2, 0) is 4.74 Å². The Hall–Kier alpha value is -0.610. The molecule has 0 unspecified atom stereocenters. The quantitative estimate of drug-likeness (QED) is 0.493. The first-order valence-electron chi connectivity index (χ1n) is 5.80. The summed E-state index contributed by atoms with van der Waals surface area (Å²) in [7, 11) is 1.73. The SMILES string of the molecule is COCCN(CCC(=N)N)C1CCCC1. The van der Waals surface area contributed by atoms with Crippen LogP contribution < -0.4 is 5.73 Å². The van der Waals surface area contributed by atoms with Crippen molar-refractivity contribution >= 4 is 5.84 Å². The Bertz CT molecular complexity index is 190. The van der Waals surface area contributed by atoms with E-state index in [4.69, 9.17) is 15.9 Å². The monoisotopic (exact) mass is 213 g/mol. The fourth-order valence-electron chi connectivity index (χ4n) is 2.22. The van der Waals surface area contributed by atoms with E-state index < -0.39 is 0 Å². The summed E-state index contributed by atoms with van der Waals surface area (Å²) in [5.74, 6) is 0.287. The number of nitrogens with zero attached hydrogens (tertiary/aromatic N) is 1. The van der Waals surface area contributed by atoms with E-state index in [1.165, 1.54) is 25.7 Å². The molecule has 1 fully saturated rings. The van der Waals surface area contributed by atoms with Gasteiger partial charge in [0.25, 0.3) is 0 Å². The van der Waals surface area contributed by atoms with Crippen LogP contribution in [0.25, 0.3) is 0 Å². The lowest BCUT2D eigenvalue weighted by molar-refractivity contribution is 0.123. The first kappa shape index (κ1) is 12.5. The van der Waals surface area contributed by atoms with Gasteiger partial charge >= 0.3 is 0 Å². The summed E-state index contributed by atoms with van der Waals surface area (Å²) in [5.41, 5.74) is 5.39. The van der Waals surface area contributed by atoms with E-state index in [1.807, 2.05) is 0 Å². The van der Waals surface area contributed by atoms with E-state index >= 15 is 0 Å². The first-order valence-corrected chi connectivity index (χ1v) is 5.80. The molecule has 0 heterocycles. The summed E-state index contributed by atoms with van der Waals surface area (Å²) in [6.45, 7) is 2.65. The molecular formula is C11H23N3O. The topological polar surface area (TPSA) is 62.3 Å². The van der Waals surface area contributed by atoms with Crippen molar-refractivity contribution in [2.75, 3.05) is 26.8 Å². The van der Waals surface area contributed by atoms with Crippen molar-refractivity contribution < 1.29 is 4.74 Å².